The van der Waals surface area contributed by atoms with Crippen molar-refractivity contribution in [3.05, 3.63) is 23.3 Å². The van der Waals surface area contributed by atoms with Crippen LogP contribution in [0.3, 0.4) is 0 Å². The molecular formula is C21H34N4O4S. The van der Waals surface area contributed by atoms with E-state index in [4.69, 9.17) is 9.47 Å². The Morgan fingerprint density at radius 3 is 2.77 bits per heavy atom. The summed E-state index contributed by atoms with van der Waals surface area (Å²) < 4.78 is 38.6. The largest absolute Gasteiger partial charge is 0.494 e. The number of nitrogens with one attached hydrogen (secondary N) is 3. The number of nitrogens with zero attached hydrogens (tertiary/aromatic N) is 1. The van der Waals surface area contributed by atoms with Crippen molar-refractivity contribution in [1.82, 2.24) is 15.4 Å². The fourth-order valence-corrected chi connectivity index (χ4v) is 4.63. The molecule has 1 unspecified atom stereocenters. The first kappa shape index (κ1) is 22.7. The zero-order chi connectivity index (χ0) is 21.6. The zero-order valence-corrected chi connectivity index (χ0v) is 19.0. The Bertz CT molecular complexity index is 853. The maximum Gasteiger partial charge on any atom is 0.213 e. The number of fused-ring (bicyclic) bond motifs is 1. The van der Waals surface area contributed by atoms with Crippen LogP contribution in [-0.4, -0.2) is 53.0 Å². The van der Waals surface area contributed by atoms with Gasteiger partial charge < -0.3 is 20.1 Å². The van der Waals surface area contributed by atoms with E-state index in [9.17, 15) is 8.42 Å². The van der Waals surface area contributed by atoms with Crippen molar-refractivity contribution < 1.29 is 17.9 Å². The highest BCUT2D eigenvalue weighted by atomic mass is 32.2. The molecule has 168 valence electrons. The lowest BCUT2D eigenvalue weighted by molar-refractivity contribution is 0.254. The van der Waals surface area contributed by atoms with Crippen LogP contribution in [0.25, 0.3) is 0 Å². The first-order chi connectivity index (χ1) is 14.4. The van der Waals surface area contributed by atoms with E-state index in [1.54, 1.807) is 7.05 Å². The maximum absolute atomic E-state index is 12.1. The van der Waals surface area contributed by atoms with Gasteiger partial charge in [0, 0.05) is 44.2 Å². The quantitative estimate of drug-likeness (QED) is 0.380. The zero-order valence-electron chi connectivity index (χ0n) is 18.2. The minimum Gasteiger partial charge on any atom is -0.494 e. The van der Waals surface area contributed by atoms with E-state index in [0.29, 0.717) is 31.6 Å². The summed E-state index contributed by atoms with van der Waals surface area (Å²) in [7, 11) is -1.62. The van der Waals surface area contributed by atoms with Gasteiger partial charge in [0.25, 0.3) is 0 Å². The second-order valence-corrected chi connectivity index (χ2v) is 9.88. The van der Waals surface area contributed by atoms with Crippen LogP contribution < -0.4 is 24.8 Å². The second-order valence-electron chi connectivity index (χ2n) is 7.95. The number of hydrogen-bond acceptors (Lipinski definition) is 5. The molecule has 1 fully saturated rings. The molecule has 3 rings (SSSR count). The maximum atomic E-state index is 12.1. The molecular weight excluding hydrogens is 404 g/mol. The summed E-state index contributed by atoms with van der Waals surface area (Å²) >= 11 is 0. The molecule has 1 atom stereocenters. The Hall–Kier alpha value is -2.00. The minimum atomic E-state index is -3.28. The molecule has 1 aromatic carbocycles. The molecule has 1 aliphatic heterocycles. The van der Waals surface area contributed by atoms with Crippen LogP contribution in [0.5, 0.6) is 11.5 Å². The van der Waals surface area contributed by atoms with Gasteiger partial charge in [-0.05, 0) is 44.7 Å². The molecule has 2 aliphatic rings. The Labute approximate surface area is 179 Å². The number of guanidine groups is 1. The average molecular weight is 439 g/mol. The number of benzene rings is 1. The van der Waals surface area contributed by atoms with Crippen LogP contribution in [0.15, 0.2) is 17.1 Å². The fourth-order valence-electron chi connectivity index (χ4n) is 3.63. The van der Waals surface area contributed by atoms with Crippen LogP contribution in [0.4, 0.5) is 0 Å². The van der Waals surface area contributed by atoms with Gasteiger partial charge in [-0.3, -0.25) is 4.99 Å². The molecule has 3 N–H and O–H groups in total. The van der Waals surface area contributed by atoms with Crippen LogP contribution in [0.1, 0.15) is 44.2 Å². The van der Waals surface area contributed by atoms with Gasteiger partial charge >= 0.3 is 0 Å². The summed E-state index contributed by atoms with van der Waals surface area (Å²) in [4.78, 5) is 4.19. The van der Waals surface area contributed by atoms with Crippen molar-refractivity contribution in [3.63, 3.8) is 0 Å². The summed E-state index contributed by atoms with van der Waals surface area (Å²) in [6.45, 7) is 5.92. The van der Waals surface area contributed by atoms with Crippen molar-refractivity contribution in [2.75, 3.05) is 32.5 Å². The van der Waals surface area contributed by atoms with Gasteiger partial charge in [-0.1, -0.05) is 6.42 Å². The molecule has 9 heteroatoms. The van der Waals surface area contributed by atoms with Gasteiger partial charge in [-0.2, -0.15) is 0 Å². The molecule has 1 aromatic rings. The molecule has 0 amide bonds. The number of hydrogen-bond donors (Lipinski definition) is 3. The normalized spacial score (nSPS) is 19.0. The summed E-state index contributed by atoms with van der Waals surface area (Å²) in [5.41, 5.74) is 2.14. The first-order valence-electron chi connectivity index (χ1n) is 10.8. The number of ether oxygens (including phenoxy) is 2. The van der Waals surface area contributed by atoms with Gasteiger partial charge in [0.15, 0.2) is 5.96 Å². The molecule has 1 heterocycles. The van der Waals surface area contributed by atoms with Crippen molar-refractivity contribution >= 4 is 16.0 Å². The van der Waals surface area contributed by atoms with E-state index in [2.05, 4.69) is 33.3 Å². The monoisotopic (exact) mass is 438 g/mol. The molecule has 0 saturated heterocycles. The second kappa shape index (κ2) is 10.3. The third-order valence-electron chi connectivity index (χ3n) is 5.53. The third kappa shape index (κ3) is 6.25. The summed E-state index contributed by atoms with van der Waals surface area (Å²) in [6, 6.07) is 4.06. The van der Waals surface area contributed by atoms with Crippen molar-refractivity contribution in [3.8, 4) is 11.5 Å². The van der Waals surface area contributed by atoms with Gasteiger partial charge in [0.2, 0.25) is 10.0 Å². The van der Waals surface area contributed by atoms with E-state index in [-0.39, 0.29) is 18.4 Å². The van der Waals surface area contributed by atoms with E-state index in [1.807, 2.05) is 13.0 Å². The van der Waals surface area contributed by atoms with Crippen molar-refractivity contribution in [2.45, 2.75) is 52.2 Å². The first-order valence-corrected chi connectivity index (χ1v) is 12.4. The van der Waals surface area contributed by atoms with E-state index >= 15 is 0 Å². The summed E-state index contributed by atoms with van der Waals surface area (Å²) in [5, 5.41) is 6.30. The van der Waals surface area contributed by atoms with Crippen LogP contribution in [0.2, 0.25) is 0 Å². The number of sulfonamides is 1. The molecule has 8 nitrogen and oxygen atoms in total. The Morgan fingerprint density at radius 2 is 2.10 bits per heavy atom. The standard InChI is InChI=1S/C21H34N4O4S/c1-4-28-19-11-17-10-15(2)29-20(17)12-18(19)14-24-21(22-3)23-8-9-30(26,27)25-13-16-6-5-7-16/h11-12,15-16,25H,4-10,13-14H2,1-3H3,(H2,22,23,24). The smallest absolute Gasteiger partial charge is 0.213 e. The Balaban J connectivity index is 1.49. The lowest BCUT2D eigenvalue weighted by Gasteiger charge is -2.25. The summed E-state index contributed by atoms with van der Waals surface area (Å²) in [5.74, 6) is 2.78. The van der Waals surface area contributed by atoms with Gasteiger partial charge in [0.1, 0.15) is 17.6 Å². The molecule has 0 bridgehead atoms. The van der Waals surface area contributed by atoms with Crippen LogP contribution in [-0.2, 0) is 23.0 Å². The highest BCUT2D eigenvalue weighted by Crippen LogP contribution is 2.35. The van der Waals surface area contributed by atoms with E-state index in [0.717, 1.165) is 41.9 Å². The van der Waals surface area contributed by atoms with Gasteiger partial charge in [-0.15, -0.1) is 0 Å². The van der Waals surface area contributed by atoms with Gasteiger partial charge in [0.05, 0.1) is 12.4 Å². The van der Waals surface area contributed by atoms with Crippen molar-refractivity contribution in [2.24, 2.45) is 10.9 Å². The number of rotatable bonds is 10. The lowest BCUT2D eigenvalue weighted by atomic mass is 9.86. The fraction of sp³-hybridized carbons (Fsp3) is 0.667. The molecule has 1 saturated carbocycles. The minimum absolute atomic E-state index is 0.00912. The highest BCUT2D eigenvalue weighted by Gasteiger charge is 2.22. The average Bonchev–Trinajstić information content (AvgIpc) is 3.02. The Morgan fingerprint density at radius 1 is 1.30 bits per heavy atom. The third-order valence-corrected chi connectivity index (χ3v) is 6.88. The summed E-state index contributed by atoms with van der Waals surface area (Å²) in [6.07, 6.45) is 4.50. The number of aliphatic imine (C=N–C) groups is 1. The molecule has 30 heavy (non-hydrogen) atoms. The van der Waals surface area contributed by atoms with Crippen LogP contribution in [0, 0.1) is 5.92 Å². The predicted molar refractivity (Wildman–Crippen MR) is 119 cm³/mol. The highest BCUT2D eigenvalue weighted by molar-refractivity contribution is 7.89. The topological polar surface area (TPSA) is 101 Å². The van der Waals surface area contributed by atoms with Crippen LogP contribution >= 0.6 is 0 Å². The SMILES string of the molecule is CCOc1cc2c(cc1CNC(=NC)NCCS(=O)(=O)NCC1CCC1)OC(C)C2. The molecule has 0 aromatic heterocycles. The van der Waals surface area contributed by atoms with Crippen molar-refractivity contribution in [1.29, 1.82) is 0 Å². The molecule has 1 aliphatic carbocycles. The molecule has 0 spiro atoms. The van der Waals surface area contributed by atoms with E-state index in [1.165, 1.54) is 6.42 Å². The Kier molecular flexibility index (Phi) is 7.82. The lowest BCUT2D eigenvalue weighted by Crippen LogP contribution is -2.41. The predicted octanol–water partition coefficient (Wildman–Crippen LogP) is 1.79. The van der Waals surface area contributed by atoms with Gasteiger partial charge in [-0.25, -0.2) is 13.1 Å². The molecule has 0 radical (unpaired) electrons. The van der Waals surface area contributed by atoms with E-state index < -0.39 is 10.0 Å².